The van der Waals surface area contributed by atoms with E-state index in [1.807, 2.05) is 55.5 Å². The number of anilines is 2. The number of amides is 1. The number of thioether (sulfide) groups is 1. The number of phenolic OH excluding ortho intramolecular Hbond substituents is 1. The van der Waals surface area contributed by atoms with Crippen LogP contribution in [0.25, 0.3) is 5.70 Å². The molecule has 4 rings (SSSR count). The van der Waals surface area contributed by atoms with Crippen molar-refractivity contribution in [3.8, 4) is 5.75 Å². The number of aryl methyl sites for hydroxylation is 1. The second-order valence-electron chi connectivity index (χ2n) is 7.04. The van der Waals surface area contributed by atoms with Crippen molar-refractivity contribution in [2.24, 2.45) is 0 Å². The summed E-state index contributed by atoms with van der Waals surface area (Å²) in [4.78, 5) is 26.3. The van der Waals surface area contributed by atoms with Gasteiger partial charge >= 0.3 is 0 Å². The fraction of sp³-hybridized carbons (Fsp3) is 0.0833. The summed E-state index contributed by atoms with van der Waals surface area (Å²) in [6.07, 6.45) is 0. The molecule has 6 heteroatoms. The van der Waals surface area contributed by atoms with Crippen LogP contribution in [0.4, 0.5) is 11.4 Å². The molecule has 30 heavy (non-hydrogen) atoms. The zero-order valence-corrected chi connectivity index (χ0v) is 17.3. The van der Waals surface area contributed by atoms with Gasteiger partial charge in [-0.1, -0.05) is 53.7 Å². The Labute approximate surface area is 178 Å². The first-order valence-electron chi connectivity index (χ1n) is 9.43. The van der Waals surface area contributed by atoms with Gasteiger partial charge in [-0.3, -0.25) is 9.59 Å². The molecular formula is C24H20N2O3S. The van der Waals surface area contributed by atoms with Crippen molar-refractivity contribution in [3.05, 3.63) is 88.3 Å². The number of aromatic hydroxyl groups is 1. The number of rotatable bonds is 4. The minimum atomic E-state index is -0.317. The molecule has 0 aromatic heterocycles. The van der Waals surface area contributed by atoms with Crippen molar-refractivity contribution in [1.29, 1.82) is 0 Å². The van der Waals surface area contributed by atoms with E-state index >= 15 is 0 Å². The van der Waals surface area contributed by atoms with E-state index in [1.54, 1.807) is 6.07 Å². The van der Waals surface area contributed by atoms with Crippen molar-refractivity contribution in [1.82, 2.24) is 0 Å². The minimum absolute atomic E-state index is 0.134. The molecule has 1 amide bonds. The normalized spacial score (nSPS) is 12.7. The van der Waals surface area contributed by atoms with E-state index in [4.69, 9.17) is 0 Å². The van der Waals surface area contributed by atoms with E-state index in [9.17, 15) is 14.7 Å². The number of para-hydroxylation sites is 1. The number of allylic oxidation sites excluding steroid dienone is 1. The molecule has 3 aromatic rings. The predicted octanol–water partition coefficient (Wildman–Crippen LogP) is 5.43. The Kier molecular flexibility index (Phi) is 5.33. The lowest BCUT2D eigenvalue weighted by atomic mass is 10.0. The lowest BCUT2D eigenvalue weighted by Gasteiger charge is -2.24. The number of hydrogen-bond donors (Lipinski definition) is 3. The zero-order valence-electron chi connectivity index (χ0n) is 16.5. The van der Waals surface area contributed by atoms with Gasteiger partial charge in [0.05, 0.1) is 21.9 Å². The maximum atomic E-state index is 13.5. The van der Waals surface area contributed by atoms with Crippen molar-refractivity contribution in [2.75, 3.05) is 10.6 Å². The maximum absolute atomic E-state index is 13.5. The van der Waals surface area contributed by atoms with Gasteiger partial charge in [0.2, 0.25) is 11.7 Å². The summed E-state index contributed by atoms with van der Waals surface area (Å²) in [5, 5.41) is 16.4. The molecule has 0 atom stereocenters. The van der Waals surface area contributed by atoms with Gasteiger partial charge in [0, 0.05) is 17.5 Å². The molecule has 1 aliphatic rings. The van der Waals surface area contributed by atoms with Gasteiger partial charge in [0.1, 0.15) is 5.75 Å². The summed E-state index contributed by atoms with van der Waals surface area (Å²) in [5.74, 6) is -0.701. The number of nitrogens with one attached hydrogen (secondary N) is 2. The average molecular weight is 417 g/mol. The van der Waals surface area contributed by atoms with Crippen LogP contribution in [0.2, 0.25) is 0 Å². The Morgan fingerprint density at radius 2 is 1.73 bits per heavy atom. The largest absolute Gasteiger partial charge is 0.507 e. The predicted molar refractivity (Wildman–Crippen MR) is 121 cm³/mol. The highest BCUT2D eigenvalue weighted by molar-refractivity contribution is 8.04. The van der Waals surface area contributed by atoms with Crippen LogP contribution in [-0.2, 0) is 4.79 Å². The zero-order chi connectivity index (χ0) is 21.3. The van der Waals surface area contributed by atoms with E-state index in [-0.39, 0.29) is 23.0 Å². The Morgan fingerprint density at radius 3 is 2.47 bits per heavy atom. The van der Waals surface area contributed by atoms with Crippen LogP contribution in [0.1, 0.15) is 28.4 Å². The molecule has 0 fully saturated rings. The lowest BCUT2D eigenvalue weighted by molar-refractivity contribution is -0.114. The Bertz CT molecular complexity index is 1180. The van der Waals surface area contributed by atoms with Crippen LogP contribution in [-0.4, -0.2) is 16.8 Å². The fourth-order valence-corrected chi connectivity index (χ4v) is 4.29. The monoisotopic (exact) mass is 416 g/mol. The lowest BCUT2D eigenvalue weighted by Crippen LogP contribution is -2.14. The molecule has 1 heterocycles. The SMILES string of the molecule is CC(=O)Nc1ccc(O)c(C(=O)C2=C(c3ccc(C)cc3)Nc3ccccc3S2)c1. The third-order valence-electron chi connectivity index (χ3n) is 4.69. The Morgan fingerprint density at radius 1 is 1.00 bits per heavy atom. The van der Waals surface area contributed by atoms with Gasteiger partial charge in [0.15, 0.2) is 0 Å². The summed E-state index contributed by atoms with van der Waals surface area (Å²) in [7, 11) is 0. The molecule has 5 nitrogen and oxygen atoms in total. The van der Waals surface area contributed by atoms with Crippen LogP contribution in [0.3, 0.4) is 0 Å². The van der Waals surface area contributed by atoms with Crippen LogP contribution in [0.5, 0.6) is 5.75 Å². The Balaban J connectivity index is 1.83. The first kappa shape index (κ1) is 19.8. The molecular weight excluding hydrogens is 396 g/mol. The highest BCUT2D eigenvalue weighted by atomic mass is 32.2. The molecule has 3 N–H and O–H groups in total. The molecule has 0 unspecified atom stereocenters. The maximum Gasteiger partial charge on any atom is 0.221 e. The topological polar surface area (TPSA) is 78.4 Å². The molecule has 0 saturated carbocycles. The van der Waals surface area contributed by atoms with Gasteiger partial charge in [-0.2, -0.15) is 0 Å². The van der Waals surface area contributed by atoms with Crippen molar-refractivity contribution in [3.63, 3.8) is 0 Å². The van der Waals surface area contributed by atoms with Gasteiger partial charge < -0.3 is 15.7 Å². The van der Waals surface area contributed by atoms with Gasteiger partial charge in [-0.05, 0) is 42.8 Å². The second-order valence-corrected chi connectivity index (χ2v) is 8.09. The molecule has 0 radical (unpaired) electrons. The van der Waals surface area contributed by atoms with Crippen LogP contribution >= 0.6 is 11.8 Å². The summed E-state index contributed by atoms with van der Waals surface area (Å²) in [6, 6.07) is 20.2. The van der Waals surface area contributed by atoms with E-state index in [2.05, 4.69) is 10.6 Å². The summed E-state index contributed by atoms with van der Waals surface area (Å²) < 4.78 is 0. The van der Waals surface area contributed by atoms with Gasteiger partial charge in [0.25, 0.3) is 0 Å². The summed E-state index contributed by atoms with van der Waals surface area (Å²) in [5.41, 5.74) is 4.20. The molecule has 3 aromatic carbocycles. The molecule has 0 spiro atoms. The number of carbonyl (C=O) groups is 2. The smallest absolute Gasteiger partial charge is 0.221 e. The molecule has 150 valence electrons. The van der Waals surface area contributed by atoms with E-state index in [1.165, 1.54) is 30.8 Å². The first-order chi connectivity index (χ1) is 14.4. The second kappa shape index (κ2) is 8.08. The summed E-state index contributed by atoms with van der Waals surface area (Å²) >= 11 is 1.36. The highest BCUT2D eigenvalue weighted by Crippen LogP contribution is 2.44. The number of Topliss-reactive ketones (excluding diaryl/α,β-unsaturated/α-hetero) is 1. The highest BCUT2D eigenvalue weighted by Gasteiger charge is 2.27. The molecule has 0 aliphatic carbocycles. The molecule has 0 bridgehead atoms. The van der Waals surface area contributed by atoms with Crippen LogP contribution < -0.4 is 10.6 Å². The standard InChI is InChI=1S/C24H20N2O3S/c1-14-7-9-16(10-8-14)22-24(30-21-6-4-3-5-19(21)26-22)23(29)18-13-17(25-15(2)27)11-12-20(18)28/h3-13,26,28H,1-2H3,(H,25,27). The fourth-order valence-electron chi connectivity index (χ4n) is 3.22. The number of benzene rings is 3. The van der Waals surface area contributed by atoms with E-state index < -0.39 is 0 Å². The first-order valence-corrected chi connectivity index (χ1v) is 10.2. The number of phenols is 1. The minimum Gasteiger partial charge on any atom is -0.507 e. The van der Waals surface area contributed by atoms with Gasteiger partial charge in [-0.15, -0.1) is 0 Å². The number of ketones is 1. The van der Waals surface area contributed by atoms with Crippen LogP contribution in [0, 0.1) is 6.92 Å². The van der Waals surface area contributed by atoms with Crippen molar-refractivity contribution in [2.45, 2.75) is 18.7 Å². The van der Waals surface area contributed by atoms with Crippen molar-refractivity contribution < 1.29 is 14.7 Å². The number of fused-ring (bicyclic) bond motifs is 1. The quantitative estimate of drug-likeness (QED) is 0.391. The molecule has 1 aliphatic heterocycles. The van der Waals surface area contributed by atoms with E-state index in [0.29, 0.717) is 16.3 Å². The molecule has 0 saturated heterocycles. The third kappa shape index (κ3) is 3.95. The van der Waals surface area contributed by atoms with Crippen molar-refractivity contribution >= 4 is 40.5 Å². The Hall–Kier alpha value is -3.51. The number of hydrogen-bond acceptors (Lipinski definition) is 5. The average Bonchev–Trinajstić information content (AvgIpc) is 2.74. The third-order valence-corrected chi connectivity index (χ3v) is 5.86. The van der Waals surface area contributed by atoms with Gasteiger partial charge in [-0.25, -0.2) is 0 Å². The summed E-state index contributed by atoms with van der Waals surface area (Å²) in [6.45, 7) is 3.40. The van der Waals surface area contributed by atoms with Crippen LogP contribution in [0.15, 0.2) is 76.5 Å². The number of carbonyl (C=O) groups excluding carboxylic acids is 2. The van der Waals surface area contributed by atoms with E-state index in [0.717, 1.165) is 21.7 Å².